The summed E-state index contributed by atoms with van der Waals surface area (Å²) in [5.74, 6) is 1.88. The first kappa shape index (κ1) is 32.1. The first-order valence-electron chi connectivity index (χ1n) is 17.1. The highest BCUT2D eigenvalue weighted by atomic mass is 19.4. The fraction of sp³-hybridized carbons (Fsp3) is 0.282. The molecule has 4 aliphatic rings. The van der Waals surface area contributed by atoms with Crippen LogP contribution in [0.2, 0.25) is 0 Å². The first-order valence-corrected chi connectivity index (χ1v) is 17.1. The predicted octanol–water partition coefficient (Wildman–Crippen LogP) is 8.43. The third kappa shape index (κ3) is 5.51. The van der Waals surface area contributed by atoms with Crippen LogP contribution in [0.5, 0.6) is 23.0 Å². The molecule has 1 amide bonds. The van der Waals surface area contributed by atoms with Crippen LogP contribution in [-0.4, -0.2) is 44.8 Å². The van der Waals surface area contributed by atoms with Crippen molar-refractivity contribution in [1.29, 1.82) is 0 Å². The summed E-state index contributed by atoms with van der Waals surface area (Å²) in [4.78, 5) is 19.0. The zero-order chi connectivity index (χ0) is 35.7. The Morgan fingerprint density at radius 1 is 0.885 bits per heavy atom. The molecule has 1 saturated carbocycles. The smallest absolute Gasteiger partial charge is 0.433 e. The number of hydrogen-bond acceptors (Lipinski definition) is 8. The molecule has 0 saturated heterocycles. The van der Waals surface area contributed by atoms with Gasteiger partial charge in [0, 0.05) is 17.5 Å². The molecule has 2 atom stereocenters. The molecule has 5 aromatic rings. The molecule has 1 aliphatic carbocycles. The topological polar surface area (TPSA) is 99.8 Å². The Hall–Kier alpha value is -5.85. The number of alkyl halides is 3. The Bertz CT molecular complexity index is 2310. The van der Waals surface area contributed by atoms with Crippen molar-refractivity contribution in [1.82, 2.24) is 19.6 Å². The zero-order valence-electron chi connectivity index (χ0n) is 28.2. The van der Waals surface area contributed by atoms with Crippen LogP contribution in [-0.2, 0) is 6.18 Å². The highest BCUT2D eigenvalue weighted by Crippen LogP contribution is 2.47. The number of rotatable bonds is 5. The SMILES string of the molecule is CC(C)c1ccc(-c2cc(C(F)(F)F)n3nc(C(=O)N4N=C5/C(=C\c6ccc7c(c6)OCO7)CCC[C@H]5[C@@H]4c4ccc5c(c4)OCO5)cc3n2)cc1. The molecule has 0 bridgehead atoms. The normalized spacial score (nSPS) is 19.8. The lowest BCUT2D eigenvalue weighted by atomic mass is 9.77. The molecule has 5 heterocycles. The number of benzene rings is 3. The Kier molecular flexibility index (Phi) is 7.49. The summed E-state index contributed by atoms with van der Waals surface area (Å²) in [6.45, 7) is 4.33. The first-order chi connectivity index (χ1) is 25.1. The van der Waals surface area contributed by atoms with Crippen LogP contribution in [0.1, 0.15) is 77.9 Å². The molecule has 52 heavy (non-hydrogen) atoms. The van der Waals surface area contributed by atoms with Crippen molar-refractivity contribution in [3.05, 3.63) is 106 Å². The van der Waals surface area contributed by atoms with Crippen molar-refractivity contribution in [3.8, 4) is 34.3 Å². The Morgan fingerprint density at radius 2 is 1.60 bits per heavy atom. The van der Waals surface area contributed by atoms with E-state index in [0.29, 0.717) is 33.1 Å². The molecule has 13 heteroatoms. The van der Waals surface area contributed by atoms with Gasteiger partial charge in [-0.2, -0.15) is 23.4 Å². The number of carbonyl (C=O) groups excluding carboxylic acids is 1. The Balaban J connectivity index is 1.13. The predicted molar refractivity (Wildman–Crippen MR) is 184 cm³/mol. The number of amides is 1. The third-order valence-corrected chi connectivity index (χ3v) is 10.00. The number of carbonyl (C=O) groups is 1. The lowest BCUT2D eigenvalue weighted by Crippen LogP contribution is -2.32. The summed E-state index contributed by atoms with van der Waals surface area (Å²) < 4.78 is 66.6. The molecular formula is C39H32F3N5O5. The van der Waals surface area contributed by atoms with E-state index in [9.17, 15) is 18.0 Å². The number of ether oxygens (including phenoxy) is 4. The van der Waals surface area contributed by atoms with Crippen LogP contribution >= 0.6 is 0 Å². The third-order valence-electron chi connectivity index (χ3n) is 10.00. The highest BCUT2D eigenvalue weighted by molar-refractivity contribution is 6.09. The second-order valence-electron chi connectivity index (χ2n) is 13.6. The molecule has 10 nitrogen and oxygen atoms in total. The van der Waals surface area contributed by atoms with Crippen LogP contribution in [0.25, 0.3) is 23.0 Å². The zero-order valence-corrected chi connectivity index (χ0v) is 28.2. The van der Waals surface area contributed by atoms with E-state index in [1.54, 1.807) is 18.2 Å². The van der Waals surface area contributed by atoms with Gasteiger partial charge in [0.2, 0.25) is 13.6 Å². The quantitative estimate of drug-likeness (QED) is 0.181. The van der Waals surface area contributed by atoms with Crippen molar-refractivity contribution >= 4 is 23.3 Å². The molecule has 1 fully saturated rings. The molecule has 0 spiro atoms. The lowest BCUT2D eigenvalue weighted by Gasteiger charge is -2.29. The van der Waals surface area contributed by atoms with Crippen molar-refractivity contribution in [2.75, 3.05) is 13.6 Å². The number of hydrazone groups is 1. The van der Waals surface area contributed by atoms with Crippen molar-refractivity contribution < 1.29 is 36.9 Å². The van der Waals surface area contributed by atoms with E-state index in [2.05, 4.69) is 10.1 Å². The largest absolute Gasteiger partial charge is 0.454 e. The van der Waals surface area contributed by atoms with Gasteiger partial charge in [-0.3, -0.25) is 4.79 Å². The van der Waals surface area contributed by atoms with Crippen LogP contribution in [0.3, 0.4) is 0 Å². The second kappa shape index (κ2) is 12.1. The van der Waals surface area contributed by atoms with Gasteiger partial charge in [0.05, 0.1) is 17.4 Å². The van der Waals surface area contributed by atoms with Crippen molar-refractivity contribution in [2.24, 2.45) is 11.0 Å². The Labute approximate surface area is 296 Å². The van der Waals surface area contributed by atoms with Gasteiger partial charge in [0.1, 0.15) is 0 Å². The molecule has 9 rings (SSSR count). The van der Waals surface area contributed by atoms with Gasteiger partial charge >= 0.3 is 6.18 Å². The average Bonchev–Trinajstić information content (AvgIpc) is 3.95. The molecule has 2 aromatic heterocycles. The monoisotopic (exact) mass is 707 g/mol. The van der Waals surface area contributed by atoms with Gasteiger partial charge in [0.25, 0.3) is 5.91 Å². The number of halogens is 3. The van der Waals surface area contributed by atoms with Crippen LogP contribution in [0, 0.1) is 5.92 Å². The maximum Gasteiger partial charge on any atom is 0.433 e. The number of nitrogens with zero attached hydrogens (tertiary/aromatic N) is 5. The van der Waals surface area contributed by atoms with Gasteiger partial charge in [-0.15, -0.1) is 0 Å². The number of fused-ring (bicyclic) bond motifs is 4. The van der Waals surface area contributed by atoms with E-state index >= 15 is 0 Å². The summed E-state index contributed by atoms with van der Waals surface area (Å²) in [5.41, 5.74) is 3.70. The van der Waals surface area contributed by atoms with Crippen LogP contribution in [0.4, 0.5) is 13.2 Å². The molecule has 0 N–H and O–H groups in total. The van der Waals surface area contributed by atoms with E-state index in [1.807, 2.05) is 62.4 Å². The summed E-state index contributed by atoms with van der Waals surface area (Å²) in [5, 5.41) is 10.5. The van der Waals surface area contributed by atoms with E-state index in [4.69, 9.17) is 24.0 Å². The number of aromatic nitrogens is 3. The van der Waals surface area contributed by atoms with Gasteiger partial charge in [-0.25, -0.2) is 14.5 Å². The number of hydrogen-bond donors (Lipinski definition) is 0. The van der Waals surface area contributed by atoms with Gasteiger partial charge < -0.3 is 18.9 Å². The maximum atomic E-state index is 14.5. The minimum atomic E-state index is -4.77. The minimum absolute atomic E-state index is 0.0827. The molecule has 3 aliphatic heterocycles. The lowest BCUT2D eigenvalue weighted by molar-refractivity contribution is -0.142. The molecule has 0 unspecified atom stereocenters. The number of allylic oxidation sites excluding steroid dienone is 1. The van der Waals surface area contributed by atoms with E-state index in [0.717, 1.165) is 53.3 Å². The van der Waals surface area contributed by atoms with Gasteiger partial charge in [0.15, 0.2) is 40.0 Å². The molecule has 3 aromatic carbocycles. The van der Waals surface area contributed by atoms with Crippen LogP contribution < -0.4 is 18.9 Å². The molecular weight excluding hydrogens is 675 g/mol. The summed E-state index contributed by atoms with van der Waals surface area (Å²) >= 11 is 0. The average molecular weight is 708 g/mol. The Morgan fingerprint density at radius 3 is 2.33 bits per heavy atom. The van der Waals surface area contributed by atoms with E-state index in [1.165, 1.54) is 11.1 Å². The van der Waals surface area contributed by atoms with Gasteiger partial charge in [-0.05, 0) is 83.9 Å². The molecule has 264 valence electrons. The fourth-order valence-corrected chi connectivity index (χ4v) is 7.39. The molecule has 0 radical (unpaired) electrons. The standard InChI is InChI=1S/C39H32F3N5O5/c1-21(2)23-7-9-24(10-8-23)28-17-34(39(40,41)42)46-35(43-28)18-29(44-46)38(48)47-37(26-11-13-31-33(16-26)52-20-50-31)27-5-3-4-25(36(27)45-47)14-22-6-12-30-32(15-22)51-19-49-30/h6-18,21,27,37H,3-5,19-20H2,1-2H3/b25-14-/t27-,37+/m1/s1. The minimum Gasteiger partial charge on any atom is -0.454 e. The van der Waals surface area contributed by atoms with Crippen molar-refractivity contribution in [2.45, 2.75) is 51.2 Å². The maximum absolute atomic E-state index is 14.5. The van der Waals surface area contributed by atoms with Crippen molar-refractivity contribution in [3.63, 3.8) is 0 Å². The van der Waals surface area contributed by atoms with Crippen LogP contribution in [0.15, 0.2) is 83.5 Å². The summed E-state index contributed by atoms with van der Waals surface area (Å²) in [6.07, 6.45) is -0.418. The fourth-order valence-electron chi connectivity index (χ4n) is 7.39. The van der Waals surface area contributed by atoms with E-state index in [-0.39, 0.29) is 42.5 Å². The summed E-state index contributed by atoms with van der Waals surface area (Å²) in [6, 6.07) is 20.2. The summed E-state index contributed by atoms with van der Waals surface area (Å²) in [7, 11) is 0. The second-order valence-corrected chi connectivity index (χ2v) is 13.6. The van der Waals surface area contributed by atoms with E-state index < -0.39 is 23.8 Å². The van der Waals surface area contributed by atoms with Gasteiger partial charge in [-0.1, -0.05) is 50.2 Å². The highest BCUT2D eigenvalue weighted by Gasteiger charge is 2.45.